The molecule has 4 heteroatoms. The van der Waals surface area contributed by atoms with E-state index in [0.29, 0.717) is 11.9 Å². The van der Waals surface area contributed by atoms with Crippen LogP contribution < -0.4 is 5.32 Å². The van der Waals surface area contributed by atoms with E-state index in [1.165, 1.54) is 12.8 Å². The van der Waals surface area contributed by atoms with Gasteiger partial charge in [0.1, 0.15) is 0 Å². The molecule has 2 atom stereocenters. The van der Waals surface area contributed by atoms with E-state index >= 15 is 0 Å². The van der Waals surface area contributed by atoms with E-state index in [9.17, 15) is 4.79 Å². The van der Waals surface area contributed by atoms with Crippen LogP contribution in [-0.4, -0.2) is 40.8 Å². The van der Waals surface area contributed by atoms with Crippen molar-refractivity contribution in [3.8, 4) is 0 Å². The molecule has 0 bridgehead atoms. The second-order valence-electron chi connectivity index (χ2n) is 7.21. The van der Waals surface area contributed by atoms with E-state index in [0.717, 1.165) is 45.1 Å². The highest BCUT2D eigenvalue weighted by Crippen LogP contribution is 2.41. The summed E-state index contributed by atoms with van der Waals surface area (Å²) >= 11 is 0. The smallest absolute Gasteiger partial charge is 0.244 e. The Morgan fingerprint density at radius 3 is 2.57 bits per heavy atom. The van der Waals surface area contributed by atoms with Gasteiger partial charge in [-0.05, 0) is 45.4 Å². The molecule has 0 aromatic heterocycles. The Hall–Kier alpha value is -0.610. The minimum absolute atomic E-state index is 0.0195. The molecular weight excluding hydrogens is 264 g/mol. The summed E-state index contributed by atoms with van der Waals surface area (Å²) in [6, 6.07) is 0.341. The highest BCUT2D eigenvalue weighted by Gasteiger charge is 2.53. The lowest BCUT2D eigenvalue weighted by Gasteiger charge is -2.44. The average molecular weight is 294 g/mol. The summed E-state index contributed by atoms with van der Waals surface area (Å²) in [5.41, 5.74) is -0.257. The molecule has 1 N–H and O–H groups in total. The van der Waals surface area contributed by atoms with Gasteiger partial charge >= 0.3 is 0 Å². The first-order valence-corrected chi connectivity index (χ1v) is 8.80. The monoisotopic (exact) mass is 294 g/mol. The number of ether oxygens (including phenoxy) is 1. The van der Waals surface area contributed by atoms with Crippen molar-refractivity contribution in [1.29, 1.82) is 0 Å². The summed E-state index contributed by atoms with van der Waals surface area (Å²) in [5, 5.41) is 3.63. The van der Waals surface area contributed by atoms with Crippen molar-refractivity contribution in [3.05, 3.63) is 0 Å². The van der Waals surface area contributed by atoms with E-state index in [1.54, 1.807) is 0 Å². The van der Waals surface area contributed by atoms with Gasteiger partial charge in [-0.1, -0.05) is 26.7 Å². The molecule has 21 heavy (non-hydrogen) atoms. The van der Waals surface area contributed by atoms with Gasteiger partial charge in [0.25, 0.3) is 0 Å². The maximum absolute atomic E-state index is 13.0. The number of nitrogens with one attached hydrogen (secondary N) is 1. The van der Waals surface area contributed by atoms with E-state index in [1.807, 2.05) is 0 Å². The summed E-state index contributed by atoms with van der Waals surface area (Å²) in [5.74, 6) is 0.362. The van der Waals surface area contributed by atoms with Gasteiger partial charge in [-0.25, -0.2) is 0 Å². The first kappa shape index (κ1) is 15.3. The summed E-state index contributed by atoms with van der Waals surface area (Å²) < 4.78 is 6.08. The molecule has 2 aliphatic heterocycles. The van der Waals surface area contributed by atoms with Crippen molar-refractivity contribution < 1.29 is 9.53 Å². The standard InChI is InChI=1S/C17H30N2O2/c1-4-16(5-2)12-14(8-11-21-16)19-13(3)18-17(15(19)20)9-6-7-10-17/h13-14,18H,4-12H2,1-3H3. The first-order valence-electron chi connectivity index (χ1n) is 8.80. The van der Waals surface area contributed by atoms with Gasteiger partial charge in [0.15, 0.2) is 0 Å². The second kappa shape index (κ2) is 5.54. The number of nitrogens with zero attached hydrogens (tertiary/aromatic N) is 1. The van der Waals surface area contributed by atoms with Crippen LogP contribution in [-0.2, 0) is 9.53 Å². The molecule has 3 aliphatic rings. The van der Waals surface area contributed by atoms with Gasteiger partial charge in [0.2, 0.25) is 5.91 Å². The molecule has 3 rings (SSSR count). The van der Waals surface area contributed by atoms with Crippen molar-refractivity contribution in [2.75, 3.05) is 6.61 Å². The fourth-order valence-corrected chi connectivity index (χ4v) is 4.76. The van der Waals surface area contributed by atoms with Gasteiger partial charge in [0, 0.05) is 12.6 Å². The van der Waals surface area contributed by atoms with Crippen LogP contribution in [0.4, 0.5) is 0 Å². The summed E-state index contributed by atoms with van der Waals surface area (Å²) in [6.07, 6.45) is 8.62. The van der Waals surface area contributed by atoms with Crippen LogP contribution in [0.1, 0.15) is 72.1 Å². The predicted octanol–water partition coefficient (Wildman–Crippen LogP) is 2.81. The zero-order chi connectivity index (χ0) is 15.1. The molecule has 120 valence electrons. The Morgan fingerprint density at radius 2 is 1.95 bits per heavy atom. The van der Waals surface area contributed by atoms with E-state index in [-0.39, 0.29) is 17.3 Å². The quantitative estimate of drug-likeness (QED) is 0.870. The van der Waals surface area contributed by atoms with Crippen LogP contribution in [0.5, 0.6) is 0 Å². The highest BCUT2D eigenvalue weighted by atomic mass is 16.5. The Bertz CT molecular complexity index is 400. The molecule has 2 unspecified atom stereocenters. The molecular formula is C17H30N2O2. The number of amides is 1. The fourth-order valence-electron chi connectivity index (χ4n) is 4.76. The number of rotatable bonds is 3. The normalized spacial score (nSPS) is 34.8. The summed E-state index contributed by atoms with van der Waals surface area (Å²) in [4.78, 5) is 15.2. The van der Waals surface area contributed by atoms with Crippen molar-refractivity contribution in [3.63, 3.8) is 0 Å². The molecule has 3 fully saturated rings. The van der Waals surface area contributed by atoms with Crippen molar-refractivity contribution in [1.82, 2.24) is 10.2 Å². The molecule has 1 spiro atoms. The second-order valence-corrected chi connectivity index (χ2v) is 7.21. The first-order chi connectivity index (χ1) is 10.1. The maximum Gasteiger partial charge on any atom is 0.244 e. The molecule has 1 aliphatic carbocycles. The number of carbonyl (C=O) groups excluding carboxylic acids is 1. The van der Waals surface area contributed by atoms with Crippen molar-refractivity contribution in [2.45, 2.75) is 95.5 Å². The van der Waals surface area contributed by atoms with Crippen LogP contribution in [0, 0.1) is 0 Å². The third-order valence-electron chi connectivity index (χ3n) is 6.15. The van der Waals surface area contributed by atoms with E-state index in [2.05, 4.69) is 31.0 Å². The Balaban J connectivity index is 1.78. The zero-order valence-corrected chi connectivity index (χ0v) is 13.8. The molecule has 2 heterocycles. The average Bonchev–Trinajstić information content (AvgIpc) is 3.05. The largest absolute Gasteiger partial charge is 0.375 e. The lowest BCUT2D eigenvalue weighted by molar-refractivity contribution is -0.145. The number of carbonyl (C=O) groups is 1. The van der Waals surface area contributed by atoms with Gasteiger partial charge in [0.05, 0.1) is 17.3 Å². The van der Waals surface area contributed by atoms with Gasteiger partial charge in [-0.3, -0.25) is 10.1 Å². The van der Waals surface area contributed by atoms with Crippen LogP contribution in [0.2, 0.25) is 0 Å². The minimum atomic E-state index is -0.237. The highest BCUT2D eigenvalue weighted by molar-refractivity contribution is 5.89. The van der Waals surface area contributed by atoms with Crippen molar-refractivity contribution >= 4 is 5.91 Å². The van der Waals surface area contributed by atoms with Crippen LogP contribution in [0.3, 0.4) is 0 Å². The lowest BCUT2D eigenvalue weighted by atomic mass is 9.85. The van der Waals surface area contributed by atoms with Crippen LogP contribution in [0.25, 0.3) is 0 Å². The van der Waals surface area contributed by atoms with Crippen LogP contribution >= 0.6 is 0 Å². The SMILES string of the molecule is CCC1(CC)CC(N2C(=O)C3(CCCC3)NC2C)CCO1. The predicted molar refractivity (Wildman–Crippen MR) is 82.9 cm³/mol. The third-order valence-corrected chi connectivity index (χ3v) is 6.15. The minimum Gasteiger partial charge on any atom is -0.375 e. The Labute approximate surface area is 128 Å². The molecule has 0 aromatic rings. The molecule has 0 aromatic carbocycles. The lowest BCUT2D eigenvalue weighted by Crippen LogP contribution is -2.52. The molecule has 2 saturated heterocycles. The summed E-state index contributed by atoms with van der Waals surface area (Å²) in [6.45, 7) is 7.35. The van der Waals surface area contributed by atoms with E-state index < -0.39 is 0 Å². The Kier molecular flexibility index (Phi) is 4.04. The molecule has 1 amide bonds. The molecule has 0 radical (unpaired) electrons. The van der Waals surface area contributed by atoms with Gasteiger partial charge in [-0.15, -0.1) is 0 Å². The molecule has 4 nitrogen and oxygen atoms in total. The fraction of sp³-hybridized carbons (Fsp3) is 0.941. The zero-order valence-electron chi connectivity index (χ0n) is 13.8. The van der Waals surface area contributed by atoms with Crippen molar-refractivity contribution in [2.24, 2.45) is 0 Å². The van der Waals surface area contributed by atoms with Gasteiger partial charge < -0.3 is 9.64 Å². The molecule has 1 saturated carbocycles. The number of hydrogen-bond donors (Lipinski definition) is 1. The maximum atomic E-state index is 13.0. The van der Waals surface area contributed by atoms with E-state index in [4.69, 9.17) is 4.74 Å². The topological polar surface area (TPSA) is 41.6 Å². The summed E-state index contributed by atoms with van der Waals surface area (Å²) in [7, 11) is 0. The van der Waals surface area contributed by atoms with Crippen LogP contribution in [0.15, 0.2) is 0 Å². The van der Waals surface area contributed by atoms with Gasteiger partial charge in [-0.2, -0.15) is 0 Å². The Morgan fingerprint density at radius 1 is 1.29 bits per heavy atom. The number of hydrogen-bond acceptors (Lipinski definition) is 3. The third kappa shape index (κ3) is 2.40.